The van der Waals surface area contributed by atoms with Crippen molar-refractivity contribution < 1.29 is 23.6 Å². The highest BCUT2D eigenvalue weighted by atomic mass is 19.1. The van der Waals surface area contributed by atoms with Crippen molar-refractivity contribution in [1.82, 2.24) is 0 Å². The summed E-state index contributed by atoms with van der Waals surface area (Å²) in [7, 11) is 1.65. The highest BCUT2D eigenvalue weighted by Crippen LogP contribution is 2.54. The standard InChI is InChI=1S/C17H21FO4/c1-19-15-16-10-3-2-4-12(16)9-11-17(20-15,22-21-16)13-5-7-14(18)8-6-13/h5-8,12,15H,2-4,9-11H2,1H3/t12-,15?,16+,17+/m1/s1. The second-order valence-corrected chi connectivity index (χ2v) is 6.55. The SMILES string of the molecule is COC1O[C@@]2(c3ccc(F)cc3)CC[C@H]3CCCC[C@@]13OO2. The first kappa shape index (κ1) is 14.6. The van der Waals surface area contributed by atoms with Crippen LogP contribution >= 0.6 is 0 Å². The van der Waals surface area contributed by atoms with Crippen molar-refractivity contribution in [2.45, 2.75) is 56.2 Å². The summed E-state index contributed by atoms with van der Waals surface area (Å²) < 4.78 is 25.1. The van der Waals surface area contributed by atoms with E-state index in [0.29, 0.717) is 12.3 Å². The van der Waals surface area contributed by atoms with Crippen molar-refractivity contribution in [3.63, 3.8) is 0 Å². The van der Waals surface area contributed by atoms with Crippen molar-refractivity contribution in [2.75, 3.05) is 7.11 Å². The first-order chi connectivity index (χ1) is 10.7. The van der Waals surface area contributed by atoms with Gasteiger partial charge in [-0.05, 0) is 37.3 Å². The first-order valence-electron chi connectivity index (χ1n) is 8.02. The Labute approximate surface area is 129 Å². The Morgan fingerprint density at radius 2 is 1.91 bits per heavy atom. The fourth-order valence-corrected chi connectivity index (χ4v) is 4.20. The molecule has 0 amide bonds. The van der Waals surface area contributed by atoms with Crippen LogP contribution in [0.25, 0.3) is 0 Å². The normalized spacial score (nSPS) is 41.0. The van der Waals surface area contributed by atoms with E-state index in [2.05, 4.69) is 0 Å². The van der Waals surface area contributed by atoms with Gasteiger partial charge in [-0.1, -0.05) is 25.0 Å². The zero-order valence-electron chi connectivity index (χ0n) is 12.7. The Kier molecular flexibility index (Phi) is 3.49. The molecule has 4 atom stereocenters. The molecule has 3 saturated heterocycles. The molecule has 1 spiro atoms. The molecule has 1 saturated carbocycles. The van der Waals surface area contributed by atoms with Crippen LogP contribution in [0.15, 0.2) is 24.3 Å². The first-order valence-corrected chi connectivity index (χ1v) is 8.02. The lowest BCUT2D eigenvalue weighted by Gasteiger charge is -2.49. The smallest absolute Gasteiger partial charge is 0.230 e. The van der Waals surface area contributed by atoms with E-state index in [4.69, 9.17) is 19.2 Å². The molecule has 0 aromatic heterocycles. The molecule has 2 bridgehead atoms. The number of hydrogen-bond donors (Lipinski definition) is 0. The predicted molar refractivity (Wildman–Crippen MR) is 76.1 cm³/mol. The molecule has 3 aliphatic heterocycles. The molecule has 4 fully saturated rings. The van der Waals surface area contributed by atoms with E-state index in [-0.39, 0.29) is 5.82 Å². The lowest BCUT2D eigenvalue weighted by Crippen LogP contribution is -2.59. The van der Waals surface area contributed by atoms with E-state index in [1.807, 2.05) is 0 Å². The highest BCUT2D eigenvalue weighted by molar-refractivity contribution is 5.22. The van der Waals surface area contributed by atoms with Gasteiger partial charge in [0.25, 0.3) is 0 Å². The third kappa shape index (κ3) is 2.03. The van der Waals surface area contributed by atoms with Crippen LogP contribution in [0, 0.1) is 11.7 Å². The molecule has 22 heavy (non-hydrogen) atoms. The van der Waals surface area contributed by atoms with E-state index in [9.17, 15) is 4.39 Å². The number of ether oxygens (including phenoxy) is 2. The summed E-state index contributed by atoms with van der Waals surface area (Å²) in [6, 6.07) is 6.22. The number of benzene rings is 1. The van der Waals surface area contributed by atoms with Gasteiger partial charge in [-0.2, -0.15) is 4.89 Å². The number of hydrogen-bond acceptors (Lipinski definition) is 4. The minimum Gasteiger partial charge on any atom is -0.353 e. The number of methoxy groups -OCH3 is 1. The summed E-state index contributed by atoms with van der Waals surface area (Å²) in [5.74, 6) is -0.910. The van der Waals surface area contributed by atoms with Gasteiger partial charge >= 0.3 is 0 Å². The molecule has 0 N–H and O–H groups in total. The zero-order chi connectivity index (χ0) is 15.2. The maximum Gasteiger partial charge on any atom is 0.230 e. The van der Waals surface area contributed by atoms with Crippen LogP contribution < -0.4 is 0 Å². The second-order valence-electron chi connectivity index (χ2n) is 6.55. The minimum atomic E-state index is -1.00. The lowest BCUT2D eigenvalue weighted by molar-refractivity contribution is -0.558. The largest absolute Gasteiger partial charge is 0.353 e. The van der Waals surface area contributed by atoms with Gasteiger partial charge in [0.15, 0.2) is 11.9 Å². The van der Waals surface area contributed by atoms with Crippen molar-refractivity contribution in [3.05, 3.63) is 35.6 Å². The van der Waals surface area contributed by atoms with Gasteiger partial charge in [-0.3, -0.25) is 0 Å². The molecule has 3 heterocycles. The molecule has 5 heteroatoms. The lowest BCUT2D eigenvalue weighted by atomic mass is 9.73. The van der Waals surface area contributed by atoms with Crippen LogP contribution in [0.5, 0.6) is 0 Å². The van der Waals surface area contributed by atoms with Crippen LogP contribution in [-0.4, -0.2) is 19.0 Å². The number of rotatable bonds is 2. The fraction of sp³-hybridized carbons (Fsp3) is 0.647. The van der Waals surface area contributed by atoms with Crippen LogP contribution in [0.4, 0.5) is 4.39 Å². The van der Waals surface area contributed by atoms with Gasteiger partial charge in [0, 0.05) is 19.1 Å². The predicted octanol–water partition coefficient (Wildman–Crippen LogP) is 3.65. The highest BCUT2D eigenvalue weighted by Gasteiger charge is 2.61. The van der Waals surface area contributed by atoms with Crippen molar-refractivity contribution in [1.29, 1.82) is 0 Å². The van der Waals surface area contributed by atoms with E-state index in [1.165, 1.54) is 18.6 Å². The van der Waals surface area contributed by atoms with Gasteiger partial charge in [0.05, 0.1) is 0 Å². The topological polar surface area (TPSA) is 36.9 Å². The van der Waals surface area contributed by atoms with Gasteiger partial charge in [0.2, 0.25) is 5.79 Å². The zero-order valence-corrected chi connectivity index (χ0v) is 12.7. The van der Waals surface area contributed by atoms with Crippen LogP contribution in [0.3, 0.4) is 0 Å². The summed E-state index contributed by atoms with van der Waals surface area (Å²) >= 11 is 0. The van der Waals surface area contributed by atoms with Gasteiger partial charge in [-0.15, -0.1) is 0 Å². The van der Waals surface area contributed by atoms with Crippen molar-refractivity contribution >= 4 is 0 Å². The molecule has 4 nitrogen and oxygen atoms in total. The van der Waals surface area contributed by atoms with Crippen molar-refractivity contribution in [2.24, 2.45) is 5.92 Å². The molecule has 120 valence electrons. The summed E-state index contributed by atoms with van der Waals surface area (Å²) in [6.45, 7) is 0. The average Bonchev–Trinajstić information content (AvgIpc) is 2.81. The van der Waals surface area contributed by atoms with Gasteiger partial charge in [0.1, 0.15) is 5.82 Å². The maximum atomic E-state index is 13.2. The minimum absolute atomic E-state index is 0.279. The Balaban J connectivity index is 1.73. The molecule has 1 aliphatic carbocycles. The van der Waals surface area contributed by atoms with E-state index in [1.54, 1.807) is 19.2 Å². The Hall–Kier alpha value is -1.01. The van der Waals surface area contributed by atoms with E-state index >= 15 is 0 Å². The van der Waals surface area contributed by atoms with Crippen LogP contribution in [-0.2, 0) is 25.0 Å². The van der Waals surface area contributed by atoms with Crippen LogP contribution in [0.2, 0.25) is 0 Å². The van der Waals surface area contributed by atoms with Gasteiger partial charge in [-0.25, -0.2) is 9.28 Å². The van der Waals surface area contributed by atoms with Crippen molar-refractivity contribution in [3.8, 4) is 0 Å². The summed E-state index contributed by atoms with van der Waals surface area (Å²) in [6.07, 6.45) is 5.46. The third-order valence-corrected chi connectivity index (χ3v) is 5.41. The Bertz CT molecular complexity index is 544. The maximum absolute atomic E-state index is 13.2. The van der Waals surface area contributed by atoms with Crippen LogP contribution in [0.1, 0.15) is 44.1 Å². The molecule has 1 unspecified atom stereocenters. The second kappa shape index (κ2) is 5.27. The monoisotopic (exact) mass is 308 g/mol. The average molecular weight is 308 g/mol. The summed E-state index contributed by atoms with van der Waals surface area (Å²) in [5.41, 5.74) is 0.261. The van der Waals surface area contributed by atoms with E-state index < -0.39 is 17.7 Å². The number of fused-ring (bicyclic) bond motifs is 3. The molecule has 4 aliphatic rings. The molecule has 0 radical (unpaired) electrons. The quantitative estimate of drug-likeness (QED) is 0.782. The summed E-state index contributed by atoms with van der Waals surface area (Å²) in [4.78, 5) is 11.7. The molecular formula is C17H21FO4. The third-order valence-electron chi connectivity index (χ3n) is 5.41. The Morgan fingerprint density at radius 1 is 1.09 bits per heavy atom. The number of halogens is 1. The van der Waals surface area contributed by atoms with E-state index in [0.717, 1.165) is 31.2 Å². The van der Waals surface area contributed by atoms with Gasteiger partial charge < -0.3 is 9.47 Å². The molecular weight excluding hydrogens is 287 g/mol. The molecule has 5 rings (SSSR count). The molecule has 1 aromatic carbocycles. The molecule has 1 aromatic rings. The fourth-order valence-electron chi connectivity index (χ4n) is 4.20. The Morgan fingerprint density at radius 3 is 2.68 bits per heavy atom. The summed E-state index contributed by atoms with van der Waals surface area (Å²) in [5, 5.41) is 0.